The van der Waals surface area contributed by atoms with Gasteiger partial charge in [-0.1, -0.05) is 17.7 Å². The third-order valence-electron chi connectivity index (χ3n) is 3.83. The molecule has 0 unspecified atom stereocenters. The average Bonchev–Trinajstić information content (AvgIpc) is 3.22. The van der Waals surface area contributed by atoms with Gasteiger partial charge in [0.1, 0.15) is 0 Å². The fraction of sp³-hybridized carbons (Fsp3) is 0.294. The first-order valence-electron chi connectivity index (χ1n) is 7.97. The molecular weight excluding hydrogens is 378 g/mol. The molecule has 3 rings (SSSR count). The van der Waals surface area contributed by atoms with E-state index in [1.807, 2.05) is 0 Å². The number of anilines is 2. The van der Waals surface area contributed by atoms with E-state index >= 15 is 0 Å². The molecule has 0 spiro atoms. The number of halogens is 1. The van der Waals surface area contributed by atoms with Crippen molar-refractivity contribution in [2.75, 3.05) is 23.4 Å². The van der Waals surface area contributed by atoms with Crippen molar-refractivity contribution in [3.63, 3.8) is 0 Å². The summed E-state index contributed by atoms with van der Waals surface area (Å²) in [6.45, 7) is 2.22. The number of aromatic nitrogens is 1. The molecular formula is C17H16ClN3O4S. The van der Waals surface area contributed by atoms with E-state index < -0.39 is 11.9 Å². The highest BCUT2D eigenvalue weighted by atomic mass is 35.5. The van der Waals surface area contributed by atoms with E-state index in [0.717, 1.165) is 11.3 Å². The summed E-state index contributed by atoms with van der Waals surface area (Å²) in [5, 5.41) is 5.00. The van der Waals surface area contributed by atoms with E-state index in [1.54, 1.807) is 36.1 Å². The summed E-state index contributed by atoms with van der Waals surface area (Å²) in [5.41, 5.74) is 0.812. The number of hydrogen-bond acceptors (Lipinski definition) is 6. The van der Waals surface area contributed by atoms with Crippen LogP contribution in [0.15, 0.2) is 29.6 Å². The number of amides is 2. The number of ether oxygens (including phenoxy) is 1. The summed E-state index contributed by atoms with van der Waals surface area (Å²) in [6, 6.07) is 6.94. The first-order chi connectivity index (χ1) is 12.5. The largest absolute Gasteiger partial charge is 0.461 e. The molecule has 1 fully saturated rings. The summed E-state index contributed by atoms with van der Waals surface area (Å²) < 4.78 is 4.86. The monoisotopic (exact) mass is 393 g/mol. The van der Waals surface area contributed by atoms with E-state index in [0.29, 0.717) is 15.8 Å². The molecule has 1 aromatic heterocycles. The molecule has 2 amide bonds. The van der Waals surface area contributed by atoms with Gasteiger partial charge >= 0.3 is 5.97 Å². The van der Waals surface area contributed by atoms with Crippen molar-refractivity contribution in [3.8, 4) is 0 Å². The van der Waals surface area contributed by atoms with Crippen molar-refractivity contribution in [1.29, 1.82) is 0 Å². The van der Waals surface area contributed by atoms with Crippen LogP contribution < -0.4 is 10.2 Å². The molecule has 0 saturated carbocycles. The number of thiazole rings is 1. The van der Waals surface area contributed by atoms with Gasteiger partial charge in [0.05, 0.1) is 12.5 Å². The normalized spacial score (nSPS) is 16.6. The predicted octanol–water partition coefficient (Wildman–Crippen LogP) is 2.96. The fourth-order valence-corrected chi connectivity index (χ4v) is 3.48. The topological polar surface area (TPSA) is 88.6 Å². The first kappa shape index (κ1) is 18.3. The zero-order valence-corrected chi connectivity index (χ0v) is 15.5. The quantitative estimate of drug-likeness (QED) is 0.789. The Morgan fingerprint density at radius 1 is 1.46 bits per heavy atom. The van der Waals surface area contributed by atoms with Gasteiger partial charge < -0.3 is 15.0 Å². The summed E-state index contributed by atoms with van der Waals surface area (Å²) in [6.07, 6.45) is 0.106. The zero-order chi connectivity index (χ0) is 18.7. The van der Waals surface area contributed by atoms with Crippen molar-refractivity contribution in [2.45, 2.75) is 13.3 Å². The maximum atomic E-state index is 12.4. The molecule has 136 valence electrons. The van der Waals surface area contributed by atoms with E-state index in [1.165, 1.54) is 5.38 Å². The van der Waals surface area contributed by atoms with Gasteiger partial charge in [0.2, 0.25) is 11.8 Å². The van der Waals surface area contributed by atoms with Gasteiger partial charge in [-0.25, -0.2) is 9.78 Å². The lowest BCUT2D eigenvalue weighted by atomic mass is 10.1. The van der Waals surface area contributed by atoms with Gasteiger partial charge in [-0.15, -0.1) is 11.3 Å². The second-order valence-corrected chi connectivity index (χ2v) is 6.93. The van der Waals surface area contributed by atoms with Crippen LogP contribution in [0.25, 0.3) is 0 Å². The Labute approximate surface area is 158 Å². The van der Waals surface area contributed by atoms with Crippen molar-refractivity contribution in [2.24, 2.45) is 5.92 Å². The average molecular weight is 394 g/mol. The van der Waals surface area contributed by atoms with Crippen LogP contribution in [0.2, 0.25) is 5.02 Å². The Balaban J connectivity index is 1.64. The van der Waals surface area contributed by atoms with Crippen molar-refractivity contribution < 1.29 is 19.1 Å². The second kappa shape index (κ2) is 7.84. The van der Waals surface area contributed by atoms with Crippen LogP contribution in [0.5, 0.6) is 0 Å². The number of rotatable bonds is 5. The molecule has 2 aromatic rings. The van der Waals surface area contributed by atoms with Crippen LogP contribution in [0.4, 0.5) is 10.8 Å². The third-order valence-corrected chi connectivity index (χ3v) is 4.83. The molecule has 1 aromatic carbocycles. The molecule has 1 atom stereocenters. The lowest BCUT2D eigenvalue weighted by molar-refractivity contribution is -0.122. The Kier molecular flexibility index (Phi) is 5.53. The van der Waals surface area contributed by atoms with E-state index in [9.17, 15) is 14.4 Å². The molecule has 1 saturated heterocycles. The molecule has 1 aliphatic heterocycles. The number of esters is 1. The van der Waals surface area contributed by atoms with Gasteiger partial charge in [0, 0.05) is 29.1 Å². The zero-order valence-electron chi connectivity index (χ0n) is 13.9. The van der Waals surface area contributed by atoms with E-state index in [4.69, 9.17) is 16.3 Å². The van der Waals surface area contributed by atoms with E-state index in [2.05, 4.69) is 10.3 Å². The standard InChI is InChI=1S/C17H16ClN3O4S/c1-2-25-16(24)13-9-26-17(19-13)20-15(23)10-6-14(22)21(8-10)12-5-3-4-11(18)7-12/h3-5,7,9-10H,2,6,8H2,1H3,(H,19,20,23)/t10-/m1/s1. The fourth-order valence-electron chi connectivity index (χ4n) is 2.61. The minimum absolute atomic E-state index is 0.106. The van der Waals surface area contributed by atoms with Crippen molar-refractivity contribution in [1.82, 2.24) is 4.98 Å². The van der Waals surface area contributed by atoms with Gasteiger partial charge in [-0.2, -0.15) is 0 Å². The van der Waals surface area contributed by atoms with Gasteiger partial charge in [-0.3, -0.25) is 9.59 Å². The molecule has 26 heavy (non-hydrogen) atoms. The number of nitrogens with zero attached hydrogens (tertiary/aromatic N) is 2. The van der Waals surface area contributed by atoms with Gasteiger partial charge in [-0.05, 0) is 25.1 Å². The second-order valence-electron chi connectivity index (χ2n) is 5.63. The van der Waals surface area contributed by atoms with Crippen LogP contribution in [-0.2, 0) is 14.3 Å². The number of carbonyl (C=O) groups is 3. The first-order valence-corrected chi connectivity index (χ1v) is 9.23. The Morgan fingerprint density at radius 2 is 2.27 bits per heavy atom. The van der Waals surface area contributed by atoms with Crippen LogP contribution >= 0.6 is 22.9 Å². The molecule has 7 nitrogen and oxygen atoms in total. The highest BCUT2D eigenvalue weighted by Crippen LogP contribution is 2.28. The molecule has 0 radical (unpaired) electrons. The Hall–Kier alpha value is -2.45. The minimum Gasteiger partial charge on any atom is -0.461 e. The maximum absolute atomic E-state index is 12.4. The smallest absolute Gasteiger partial charge is 0.357 e. The third kappa shape index (κ3) is 4.03. The molecule has 2 heterocycles. The molecule has 1 aliphatic rings. The number of benzene rings is 1. The number of nitrogens with one attached hydrogen (secondary N) is 1. The van der Waals surface area contributed by atoms with E-state index in [-0.39, 0.29) is 37.1 Å². The summed E-state index contributed by atoms with van der Waals surface area (Å²) in [7, 11) is 0. The molecule has 1 N–H and O–H groups in total. The Bertz CT molecular complexity index is 854. The lowest BCUT2D eigenvalue weighted by Gasteiger charge is -2.16. The number of hydrogen-bond donors (Lipinski definition) is 1. The van der Waals surface area contributed by atoms with Gasteiger partial charge in [0.15, 0.2) is 10.8 Å². The lowest BCUT2D eigenvalue weighted by Crippen LogP contribution is -2.28. The van der Waals surface area contributed by atoms with Crippen LogP contribution in [0, 0.1) is 5.92 Å². The summed E-state index contributed by atoms with van der Waals surface area (Å²) >= 11 is 7.10. The van der Waals surface area contributed by atoms with Gasteiger partial charge in [0.25, 0.3) is 0 Å². The molecule has 0 bridgehead atoms. The molecule has 9 heteroatoms. The summed E-state index contributed by atoms with van der Waals surface area (Å²) in [5.74, 6) is -1.49. The highest BCUT2D eigenvalue weighted by molar-refractivity contribution is 7.14. The van der Waals surface area contributed by atoms with Crippen LogP contribution in [0.1, 0.15) is 23.8 Å². The number of carbonyl (C=O) groups excluding carboxylic acids is 3. The summed E-state index contributed by atoms with van der Waals surface area (Å²) in [4.78, 5) is 41.9. The molecule has 0 aliphatic carbocycles. The SMILES string of the molecule is CCOC(=O)c1csc(NC(=O)[C@@H]2CC(=O)N(c3cccc(Cl)c3)C2)n1. The maximum Gasteiger partial charge on any atom is 0.357 e. The predicted molar refractivity (Wildman–Crippen MR) is 98.6 cm³/mol. The van der Waals surface area contributed by atoms with Crippen LogP contribution in [-0.4, -0.2) is 35.9 Å². The van der Waals surface area contributed by atoms with Crippen molar-refractivity contribution in [3.05, 3.63) is 40.4 Å². The van der Waals surface area contributed by atoms with Crippen molar-refractivity contribution >= 4 is 51.5 Å². The van der Waals surface area contributed by atoms with Crippen LogP contribution in [0.3, 0.4) is 0 Å². The minimum atomic E-state index is -0.535. The Morgan fingerprint density at radius 3 is 3.00 bits per heavy atom. The highest BCUT2D eigenvalue weighted by Gasteiger charge is 2.35.